The molecule has 0 amide bonds. The number of carboxylic acid groups (broad SMARTS) is 2. The number of benzene rings is 2. The Balaban J connectivity index is 2.22. The highest BCUT2D eigenvalue weighted by Crippen LogP contribution is 2.40. The highest BCUT2D eigenvalue weighted by molar-refractivity contribution is 8.76. The summed E-state index contributed by atoms with van der Waals surface area (Å²) in [5.41, 5.74) is 0.413. The van der Waals surface area contributed by atoms with Gasteiger partial charge in [0.15, 0.2) is 0 Å². The second kappa shape index (κ2) is 6.49. The number of hydrogen-bond donors (Lipinski definition) is 2. The molecule has 20 heavy (non-hydrogen) atoms. The first-order valence-corrected chi connectivity index (χ1v) is 7.73. The molecule has 0 aliphatic rings. The van der Waals surface area contributed by atoms with Crippen LogP contribution in [0.15, 0.2) is 58.3 Å². The predicted octanol–water partition coefficient (Wildman–Crippen LogP) is 3.88. The Hall–Kier alpha value is -1.92. The first-order chi connectivity index (χ1) is 9.59. The van der Waals surface area contributed by atoms with Crippen LogP contribution < -0.4 is 0 Å². The number of carbonyl (C=O) groups is 2. The van der Waals surface area contributed by atoms with E-state index in [9.17, 15) is 9.59 Å². The molecule has 0 saturated heterocycles. The molecule has 6 heteroatoms. The van der Waals surface area contributed by atoms with Crippen LogP contribution in [0.3, 0.4) is 0 Å². The van der Waals surface area contributed by atoms with E-state index in [1.165, 1.54) is 33.7 Å². The third kappa shape index (κ3) is 3.34. The van der Waals surface area contributed by atoms with Gasteiger partial charge in [-0.3, -0.25) is 0 Å². The maximum absolute atomic E-state index is 11.1. The molecule has 0 aliphatic heterocycles. The van der Waals surface area contributed by atoms with Gasteiger partial charge >= 0.3 is 11.9 Å². The lowest BCUT2D eigenvalue weighted by Crippen LogP contribution is -1.98. The molecule has 0 saturated carbocycles. The van der Waals surface area contributed by atoms with Gasteiger partial charge in [-0.25, -0.2) is 9.59 Å². The standard InChI is InChI=1S/C14H10O4S2/c15-13(16)9-5-1-3-7-11(9)19-20-12-8-4-2-6-10(12)14(17)18/h1-8H,(H,15,16)(H,17,18)/i13+2,14+2. The molecule has 4 nitrogen and oxygen atoms in total. The molecular weight excluding hydrogens is 300 g/mol. The molecule has 0 spiro atoms. The van der Waals surface area contributed by atoms with Gasteiger partial charge in [-0.2, -0.15) is 0 Å². The molecule has 0 fully saturated rings. The molecule has 0 radical (unpaired) electrons. The normalized spacial score (nSPS) is 10.2. The Bertz CT molecular complexity index is 598. The van der Waals surface area contributed by atoms with Crippen LogP contribution in [0.2, 0.25) is 0 Å². The van der Waals surface area contributed by atoms with Crippen LogP contribution in [0.4, 0.5) is 0 Å². The van der Waals surface area contributed by atoms with Crippen molar-refractivity contribution in [3.05, 3.63) is 59.7 Å². The number of hydrogen-bond acceptors (Lipinski definition) is 4. The molecule has 0 unspecified atom stereocenters. The van der Waals surface area contributed by atoms with Crippen LogP contribution in [-0.4, -0.2) is 22.2 Å². The first-order valence-electron chi connectivity index (χ1n) is 5.59. The smallest absolute Gasteiger partial charge is 0.336 e. The van der Waals surface area contributed by atoms with Gasteiger partial charge in [0, 0.05) is 9.79 Å². The molecule has 102 valence electrons. The molecule has 0 bridgehead atoms. The summed E-state index contributed by atoms with van der Waals surface area (Å²) in [5, 5.41) is 18.2. The maximum Gasteiger partial charge on any atom is 0.336 e. The maximum atomic E-state index is 11.1. The van der Waals surface area contributed by atoms with E-state index < -0.39 is 11.9 Å². The Morgan fingerprint density at radius 1 is 0.700 bits per heavy atom. The average Bonchev–Trinajstić information content (AvgIpc) is 2.45. The minimum absolute atomic E-state index is 0.206. The van der Waals surface area contributed by atoms with Crippen LogP contribution in [0.5, 0.6) is 0 Å². The summed E-state index contributed by atoms with van der Waals surface area (Å²) in [6.07, 6.45) is 0. The van der Waals surface area contributed by atoms with Crippen LogP contribution in [0, 0.1) is 0 Å². The monoisotopic (exact) mass is 310 g/mol. The Morgan fingerprint density at radius 2 is 1.05 bits per heavy atom. The SMILES string of the molecule is O=[14C](O)c1ccccc1SSc1ccccc1[14C](=O)O. The lowest BCUT2D eigenvalue weighted by atomic mass is 10.3. The quantitative estimate of drug-likeness (QED) is 0.816. The molecular formula is C14H10O4S2. The van der Waals surface area contributed by atoms with E-state index in [1.54, 1.807) is 36.4 Å². The minimum Gasteiger partial charge on any atom is -0.478 e. The van der Waals surface area contributed by atoms with Gasteiger partial charge in [0.05, 0.1) is 11.1 Å². The summed E-state index contributed by atoms with van der Waals surface area (Å²) in [7, 11) is 2.47. The van der Waals surface area contributed by atoms with Crippen molar-refractivity contribution in [1.29, 1.82) is 0 Å². The zero-order valence-electron chi connectivity index (χ0n) is 10.1. The first kappa shape index (κ1) is 14.5. The van der Waals surface area contributed by atoms with Crippen molar-refractivity contribution in [2.75, 3.05) is 0 Å². The highest BCUT2D eigenvalue weighted by atomic mass is 33.1. The Morgan fingerprint density at radius 3 is 1.40 bits per heavy atom. The van der Waals surface area contributed by atoms with Gasteiger partial charge in [-0.15, -0.1) is 0 Å². The van der Waals surface area contributed by atoms with Crippen molar-refractivity contribution < 1.29 is 19.8 Å². The molecule has 0 aliphatic carbocycles. The predicted molar refractivity (Wildman–Crippen MR) is 78.5 cm³/mol. The van der Waals surface area contributed by atoms with Crippen LogP contribution >= 0.6 is 21.6 Å². The van der Waals surface area contributed by atoms with E-state index in [4.69, 9.17) is 10.2 Å². The topological polar surface area (TPSA) is 74.6 Å². The van der Waals surface area contributed by atoms with E-state index >= 15 is 0 Å². The van der Waals surface area contributed by atoms with Gasteiger partial charge in [0.25, 0.3) is 0 Å². The summed E-state index contributed by atoms with van der Waals surface area (Å²) >= 11 is 0. The van der Waals surface area contributed by atoms with Gasteiger partial charge < -0.3 is 10.2 Å². The third-order valence-electron chi connectivity index (χ3n) is 2.46. The zero-order chi connectivity index (χ0) is 14.5. The van der Waals surface area contributed by atoms with E-state index in [-0.39, 0.29) is 11.1 Å². The Labute approximate surface area is 123 Å². The molecule has 0 aromatic heterocycles. The molecule has 2 aromatic carbocycles. The van der Waals surface area contributed by atoms with Crippen molar-refractivity contribution in [3.63, 3.8) is 0 Å². The van der Waals surface area contributed by atoms with Crippen LogP contribution in [-0.2, 0) is 0 Å². The van der Waals surface area contributed by atoms with Crippen molar-refractivity contribution in [3.8, 4) is 0 Å². The van der Waals surface area contributed by atoms with Gasteiger partial charge in [-0.1, -0.05) is 45.9 Å². The fraction of sp³-hybridized carbons (Fsp3) is 0. The van der Waals surface area contributed by atoms with Crippen molar-refractivity contribution in [2.24, 2.45) is 0 Å². The molecule has 0 atom stereocenters. The second-order valence-corrected chi connectivity index (χ2v) is 5.98. The van der Waals surface area contributed by atoms with Gasteiger partial charge in [0.1, 0.15) is 0 Å². The molecule has 2 rings (SSSR count). The van der Waals surface area contributed by atoms with E-state index in [0.717, 1.165) is 0 Å². The molecule has 0 heterocycles. The minimum atomic E-state index is -1.000. The van der Waals surface area contributed by atoms with E-state index in [1.807, 2.05) is 0 Å². The van der Waals surface area contributed by atoms with E-state index in [0.29, 0.717) is 9.79 Å². The third-order valence-corrected chi connectivity index (χ3v) is 4.94. The second-order valence-electron chi connectivity index (χ2n) is 3.77. The highest BCUT2D eigenvalue weighted by Gasteiger charge is 2.13. The number of carboxylic acids is 2. The zero-order valence-corrected chi connectivity index (χ0v) is 11.8. The average molecular weight is 310 g/mol. The van der Waals surface area contributed by atoms with Crippen LogP contribution in [0.25, 0.3) is 0 Å². The fourth-order valence-corrected chi connectivity index (χ4v) is 3.87. The summed E-state index contributed by atoms with van der Waals surface area (Å²) in [6.45, 7) is 0. The molecule has 2 aromatic rings. The summed E-state index contributed by atoms with van der Waals surface area (Å²) in [4.78, 5) is 23.4. The lowest BCUT2D eigenvalue weighted by Gasteiger charge is -2.06. The van der Waals surface area contributed by atoms with Gasteiger partial charge in [-0.05, 0) is 24.3 Å². The van der Waals surface area contributed by atoms with Crippen LogP contribution in [0.1, 0.15) is 20.7 Å². The lowest BCUT2D eigenvalue weighted by molar-refractivity contribution is 0.0682. The number of aromatic carboxylic acids is 2. The van der Waals surface area contributed by atoms with Crippen molar-refractivity contribution in [2.45, 2.75) is 9.79 Å². The number of rotatable bonds is 5. The largest absolute Gasteiger partial charge is 0.478 e. The van der Waals surface area contributed by atoms with E-state index in [2.05, 4.69) is 0 Å². The van der Waals surface area contributed by atoms with Crippen molar-refractivity contribution >= 4 is 33.5 Å². The summed E-state index contributed by atoms with van der Waals surface area (Å²) in [5.74, 6) is -2.00. The molecule has 2 N–H and O–H groups in total. The van der Waals surface area contributed by atoms with Crippen molar-refractivity contribution in [1.82, 2.24) is 0 Å². The Kier molecular flexibility index (Phi) is 4.70. The summed E-state index contributed by atoms with van der Waals surface area (Å²) in [6, 6.07) is 13.3. The fourth-order valence-electron chi connectivity index (χ4n) is 1.52. The summed E-state index contributed by atoms with van der Waals surface area (Å²) < 4.78 is 0. The van der Waals surface area contributed by atoms with Gasteiger partial charge in [0.2, 0.25) is 0 Å².